The molecule has 0 bridgehead atoms. The van der Waals surface area contributed by atoms with Gasteiger partial charge in [0.15, 0.2) is 0 Å². The van der Waals surface area contributed by atoms with Gasteiger partial charge in [-0.1, -0.05) is 0 Å². The Balaban J connectivity index is 2.00. The van der Waals surface area contributed by atoms with Crippen molar-refractivity contribution in [3.8, 4) is 0 Å². The molecule has 0 aliphatic carbocycles. The first-order valence-corrected chi connectivity index (χ1v) is 4.30. The maximum atomic E-state index is 5.66. The summed E-state index contributed by atoms with van der Waals surface area (Å²) in [6.45, 7) is 4.62. The maximum Gasteiger partial charge on any atom is 0.145 e. The van der Waals surface area contributed by atoms with E-state index in [0.717, 1.165) is 32.7 Å². The van der Waals surface area contributed by atoms with Gasteiger partial charge in [-0.15, -0.1) is 0 Å². The summed E-state index contributed by atoms with van der Waals surface area (Å²) in [6, 6.07) is 0.574. The zero-order chi connectivity index (χ0) is 7.73. The summed E-state index contributed by atoms with van der Waals surface area (Å²) in [6.07, 6.45) is 2.11. The van der Waals surface area contributed by atoms with Crippen LogP contribution in [-0.2, 0) is 9.47 Å². The van der Waals surface area contributed by atoms with E-state index in [0.29, 0.717) is 6.04 Å². The Morgan fingerprint density at radius 1 is 1.45 bits per heavy atom. The van der Waals surface area contributed by atoms with Gasteiger partial charge in [0.05, 0.1) is 19.8 Å². The fourth-order valence-corrected chi connectivity index (χ4v) is 1.77. The molecule has 0 amide bonds. The standard InChI is InChI=1S/C8H15NO2/c1-7-2-4-11-8(9-7)3-5-10-6-8/h7,9H,2-6H2,1H3. The van der Waals surface area contributed by atoms with Gasteiger partial charge in [-0.05, 0) is 13.3 Å². The predicted octanol–water partition coefficient (Wildman–Crippen LogP) is 0.501. The molecule has 0 radical (unpaired) electrons. The topological polar surface area (TPSA) is 30.5 Å². The minimum Gasteiger partial charge on any atom is -0.377 e. The Labute approximate surface area is 67.1 Å². The Kier molecular flexibility index (Phi) is 1.87. The van der Waals surface area contributed by atoms with Gasteiger partial charge >= 0.3 is 0 Å². The van der Waals surface area contributed by atoms with E-state index < -0.39 is 0 Å². The average molecular weight is 157 g/mol. The molecule has 2 aliphatic rings. The lowest BCUT2D eigenvalue weighted by Crippen LogP contribution is -2.56. The van der Waals surface area contributed by atoms with E-state index >= 15 is 0 Å². The SMILES string of the molecule is CC1CCOC2(CCOC2)N1. The van der Waals surface area contributed by atoms with Crippen molar-refractivity contribution >= 4 is 0 Å². The zero-order valence-electron chi connectivity index (χ0n) is 6.93. The lowest BCUT2D eigenvalue weighted by atomic mass is 10.1. The van der Waals surface area contributed by atoms with Gasteiger partial charge in [0.1, 0.15) is 5.72 Å². The first-order valence-electron chi connectivity index (χ1n) is 4.30. The molecule has 3 nitrogen and oxygen atoms in total. The van der Waals surface area contributed by atoms with E-state index in [2.05, 4.69) is 12.2 Å². The van der Waals surface area contributed by atoms with Gasteiger partial charge in [-0.25, -0.2) is 0 Å². The van der Waals surface area contributed by atoms with Crippen LogP contribution in [0, 0.1) is 0 Å². The van der Waals surface area contributed by atoms with Crippen molar-refractivity contribution in [2.45, 2.75) is 31.5 Å². The van der Waals surface area contributed by atoms with Crippen molar-refractivity contribution in [3.63, 3.8) is 0 Å². The lowest BCUT2D eigenvalue weighted by Gasteiger charge is -2.37. The first-order chi connectivity index (χ1) is 5.31. The molecule has 0 aromatic rings. The average Bonchev–Trinajstić information content (AvgIpc) is 2.37. The molecule has 2 atom stereocenters. The smallest absolute Gasteiger partial charge is 0.145 e. The zero-order valence-corrected chi connectivity index (χ0v) is 6.93. The summed E-state index contributed by atoms with van der Waals surface area (Å²) >= 11 is 0. The summed E-state index contributed by atoms with van der Waals surface area (Å²) in [5, 5.41) is 3.44. The van der Waals surface area contributed by atoms with Gasteiger partial charge < -0.3 is 9.47 Å². The van der Waals surface area contributed by atoms with Crippen LogP contribution in [0.4, 0.5) is 0 Å². The molecule has 11 heavy (non-hydrogen) atoms. The van der Waals surface area contributed by atoms with E-state index in [-0.39, 0.29) is 5.72 Å². The van der Waals surface area contributed by atoms with E-state index in [1.807, 2.05) is 0 Å². The van der Waals surface area contributed by atoms with Crippen LogP contribution >= 0.6 is 0 Å². The molecule has 1 spiro atoms. The van der Waals surface area contributed by atoms with E-state index in [1.165, 1.54) is 0 Å². The van der Waals surface area contributed by atoms with Crippen LogP contribution in [0.25, 0.3) is 0 Å². The molecule has 1 N–H and O–H groups in total. The van der Waals surface area contributed by atoms with Gasteiger partial charge in [0.25, 0.3) is 0 Å². The normalized spacial score (nSPS) is 45.0. The Morgan fingerprint density at radius 3 is 3.00 bits per heavy atom. The van der Waals surface area contributed by atoms with Gasteiger partial charge in [0.2, 0.25) is 0 Å². The van der Waals surface area contributed by atoms with Crippen molar-refractivity contribution in [3.05, 3.63) is 0 Å². The number of hydrogen-bond acceptors (Lipinski definition) is 3. The Morgan fingerprint density at radius 2 is 2.36 bits per heavy atom. The second-order valence-corrected chi connectivity index (χ2v) is 3.48. The molecule has 2 heterocycles. The van der Waals surface area contributed by atoms with Crippen LogP contribution in [0.3, 0.4) is 0 Å². The highest BCUT2D eigenvalue weighted by Gasteiger charge is 2.39. The summed E-state index contributed by atoms with van der Waals surface area (Å²) < 4.78 is 11.0. The third kappa shape index (κ3) is 1.41. The fourth-order valence-electron chi connectivity index (χ4n) is 1.77. The number of nitrogens with one attached hydrogen (secondary N) is 1. The van der Waals surface area contributed by atoms with E-state index in [1.54, 1.807) is 0 Å². The van der Waals surface area contributed by atoms with E-state index in [4.69, 9.17) is 9.47 Å². The molecule has 0 aromatic heterocycles. The van der Waals surface area contributed by atoms with Gasteiger partial charge in [-0.2, -0.15) is 0 Å². The highest BCUT2D eigenvalue weighted by atomic mass is 16.6. The van der Waals surface area contributed by atoms with E-state index in [9.17, 15) is 0 Å². The Hall–Kier alpha value is -0.120. The molecule has 2 rings (SSSR count). The molecule has 2 unspecified atom stereocenters. The Bertz CT molecular complexity index is 143. The summed E-state index contributed by atoms with van der Waals surface area (Å²) in [5.41, 5.74) is -0.127. The van der Waals surface area contributed by atoms with Crippen LogP contribution < -0.4 is 5.32 Å². The molecule has 0 aromatic carbocycles. The minimum absolute atomic E-state index is 0.127. The molecular formula is C8H15NO2. The van der Waals surface area contributed by atoms with Crippen LogP contribution in [0.5, 0.6) is 0 Å². The molecule has 3 heteroatoms. The molecule has 2 saturated heterocycles. The third-order valence-electron chi connectivity index (χ3n) is 2.42. The molecule has 2 aliphatic heterocycles. The lowest BCUT2D eigenvalue weighted by molar-refractivity contribution is -0.108. The van der Waals surface area contributed by atoms with Crippen molar-refractivity contribution in [1.82, 2.24) is 5.32 Å². The van der Waals surface area contributed by atoms with Crippen molar-refractivity contribution in [2.75, 3.05) is 19.8 Å². The second kappa shape index (κ2) is 2.73. The van der Waals surface area contributed by atoms with Crippen LogP contribution in [0.1, 0.15) is 19.8 Å². The second-order valence-electron chi connectivity index (χ2n) is 3.48. The minimum atomic E-state index is -0.127. The predicted molar refractivity (Wildman–Crippen MR) is 41.3 cm³/mol. The van der Waals surface area contributed by atoms with Crippen molar-refractivity contribution in [2.24, 2.45) is 0 Å². The fraction of sp³-hybridized carbons (Fsp3) is 1.00. The molecule has 2 fully saturated rings. The highest BCUT2D eigenvalue weighted by Crippen LogP contribution is 2.24. The largest absolute Gasteiger partial charge is 0.377 e. The molecular weight excluding hydrogens is 142 g/mol. The van der Waals surface area contributed by atoms with Gasteiger partial charge in [-0.3, -0.25) is 5.32 Å². The summed E-state index contributed by atoms with van der Waals surface area (Å²) in [5.74, 6) is 0. The van der Waals surface area contributed by atoms with Crippen molar-refractivity contribution < 1.29 is 9.47 Å². The first kappa shape index (κ1) is 7.53. The van der Waals surface area contributed by atoms with Gasteiger partial charge in [0, 0.05) is 12.5 Å². The quantitative estimate of drug-likeness (QED) is 0.555. The summed E-state index contributed by atoms with van der Waals surface area (Å²) in [7, 11) is 0. The highest BCUT2D eigenvalue weighted by molar-refractivity contribution is 4.87. The number of ether oxygens (including phenoxy) is 2. The monoisotopic (exact) mass is 157 g/mol. The maximum absolute atomic E-state index is 5.66. The molecule has 0 saturated carbocycles. The molecule has 64 valence electrons. The number of hydrogen-bond donors (Lipinski definition) is 1. The third-order valence-corrected chi connectivity index (χ3v) is 2.42. The summed E-state index contributed by atoms with van der Waals surface area (Å²) in [4.78, 5) is 0. The van der Waals surface area contributed by atoms with Crippen molar-refractivity contribution in [1.29, 1.82) is 0 Å². The number of rotatable bonds is 0. The van der Waals surface area contributed by atoms with Crippen LogP contribution in [0.2, 0.25) is 0 Å². The van der Waals surface area contributed by atoms with Crippen LogP contribution in [-0.4, -0.2) is 31.6 Å². The van der Waals surface area contributed by atoms with Crippen LogP contribution in [0.15, 0.2) is 0 Å².